The molecule has 0 aromatic rings. The molecule has 1 aliphatic rings. The second-order valence-electron chi connectivity index (χ2n) is 4.10. The molecule has 17 heavy (non-hydrogen) atoms. The monoisotopic (exact) mass is 235 g/mol. The third kappa shape index (κ3) is 2.95. The van der Waals surface area contributed by atoms with Gasteiger partial charge in [-0.1, -0.05) is 0 Å². The molecule has 92 valence electrons. The van der Waals surface area contributed by atoms with E-state index in [0.717, 1.165) is 0 Å². The van der Waals surface area contributed by atoms with Crippen LogP contribution in [0.2, 0.25) is 0 Å². The highest BCUT2D eigenvalue weighted by Gasteiger charge is 2.42. The lowest BCUT2D eigenvalue weighted by atomic mass is 9.80. The van der Waals surface area contributed by atoms with Crippen molar-refractivity contribution in [3.63, 3.8) is 0 Å². The summed E-state index contributed by atoms with van der Waals surface area (Å²) in [6.45, 7) is 3.70. The lowest BCUT2D eigenvalue weighted by Crippen LogP contribution is -2.46. The number of hydrogen-bond acceptors (Lipinski definition) is 4. The molecule has 0 bridgehead atoms. The third-order valence-corrected chi connectivity index (χ3v) is 3.13. The van der Waals surface area contributed by atoms with Crippen LogP contribution in [0, 0.1) is 28.1 Å². The number of amides is 1. The van der Waals surface area contributed by atoms with Gasteiger partial charge in [-0.2, -0.15) is 10.5 Å². The average molecular weight is 235 g/mol. The predicted octanol–water partition coefficient (Wildman–Crippen LogP) is 1.07. The summed E-state index contributed by atoms with van der Waals surface area (Å²) in [4.78, 5) is 13.9. The fourth-order valence-electron chi connectivity index (χ4n) is 1.98. The number of ether oxygens (including phenoxy) is 1. The Morgan fingerprint density at radius 2 is 2.06 bits per heavy atom. The van der Waals surface area contributed by atoms with E-state index in [1.165, 1.54) is 0 Å². The van der Waals surface area contributed by atoms with E-state index in [4.69, 9.17) is 10.00 Å². The molecule has 0 N–H and O–H groups in total. The SMILES string of the molecule is CCN(CCC#N)C(=O)C1(C#N)CCOCC1. The molecule has 0 aromatic heterocycles. The van der Waals surface area contributed by atoms with Gasteiger partial charge in [-0.15, -0.1) is 0 Å². The van der Waals surface area contributed by atoms with E-state index in [0.29, 0.717) is 45.6 Å². The summed E-state index contributed by atoms with van der Waals surface area (Å²) in [5, 5.41) is 17.8. The van der Waals surface area contributed by atoms with Gasteiger partial charge in [0.15, 0.2) is 0 Å². The summed E-state index contributed by atoms with van der Waals surface area (Å²) in [5.74, 6) is -0.152. The number of carbonyl (C=O) groups excluding carboxylic acids is 1. The van der Waals surface area contributed by atoms with Crippen molar-refractivity contribution in [1.82, 2.24) is 4.90 Å². The van der Waals surface area contributed by atoms with Crippen molar-refractivity contribution in [2.45, 2.75) is 26.2 Å². The van der Waals surface area contributed by atoms with Crippen molar-refractivity contribution in [1.29, 1.82) is 10.5 Å². The van der Waals surface area contributed by atoms with Gasteiger partial charge in [0.2, 0.25) is 5.91 Å². The predicted molar refractivity (Wildman–Crippen MR) is 60.6 cm³/mol. The largest absolute Gasteiger partial charge is 0.381 e. The molecule has 1 aliphatic heterocycles. The molecule has 0 aliphatic carbocycles. The first-order valence-electron chi connectivity index (χ1n) is 5.85. The van der Waals surface area contributed by atoms with Gasteiger partial charge in [0.05, 0.1) is 18.6 Å². The molecule has 1 fully saturated rings. The van der Waals surface area contributed by atoms with Crippen molar-refractivity contribution < 1.29 is 9.53 Å². The summed E-state index contributed by atoms with van der Waals surface area (Å²) in [5.41, 5.74) is -0.941. The van der Waals surface area contributed by atoms with Gasteiger partial charge in [-0.05, 0) is 19.8 Å². The maximum Gasteiger partial charge on any atom is 0.243 e. The van der Waals surface area contributed by atoms with E-state index < -0.39 is 5.41 Å². The first kappa shape index (κ1) is 13.5. The van der Waals surface area contributed by atoms with Gasteiger partial charge < -0.3 is 9.64 Å². The van der Waals surface area contributed by atoms with Crippen LogP contribution < -0.4 is 0 Å². The fraction of sp³-hybridized carbons (Fsp3) is 0.750. The summed E-state index contributed by atoms with van der Waals surface area (Å²) in [6.07, 6.45) is 1.20. The lowest BCUT2D eigenvalue weighted by Gasteiger charge is -2.34. The summed E-state index contributed by atoms with van der Waals surface area (Å²) in [6, 6.07) is 4.17. The van der Waals surface area contributed by atoms with Crippen LogP contribution >= 0.6 is 0 Å². The zero-order valence-corrected chi connectivity index (χ0v) is 10.1. The Hall–Kier alpha value is -1.59. The fourth-order valence-corrected chi connectivity index (χ4v) is 1.98. The molecule has 1 amide bonds. The zero-order valence-electron chi connectivity index (χ0n) is 10.1. The van der Waals surface area contributed by atoms with Crippen LogP contribution in [0.3, 0.4) is 0 Å². The summed E-state index contributed by atoms with van der Waals surface area (Å²) >= 11 is 0. The summed E-state index contributed by atoms with van der Waals surface area (Å²) < 4.78 is 5.20. The van der Waals surface area contributed by atoms with E-state index in [2.05, 4.69) is 6.07 Å². The van der Waals surface area contributed by atoms with Crippen LogP contribution in [0.1, 0.15) is 26.2 Å². The highest BCUT2D eigenvalue weighted by Crippen LogP contribution is 2.31. The second kappa shape index (κ2) is 6.22. The van der Waals surface area contributed by atoms with Crippen molar-refractivity contribution in [2.24, 2.45) is 5.41 Å². The Bertz CT molecular complexity index is 348. The highest BCUT2D eigenvalue weighted by atomic mass is 16.5. The Kier molecular flexibility index (Phi) is 4.93. The normalized spacial score (nSPS) is 17.8. The lowest BCUT2D eigenvalue weighted by molar-refractivity contribution is -0.143. The molecule has 1 rings (SSSR count). The number of rotatable bonds is 4. The number of nitriles is 2. The van der Waals surface area contributed by atoms with Crippen LogP contribution in [0.25, 0.3) is 0 Å². The molecule has 5 heteroatoms. The van der Waals surface area contributed by atoms with Crippen molar-refractivity contribution in [3.05, 3.63) is 0 Å². The Balaban J connectivity index is 2.77. The molecule has 5 nitrogen and oxygen atoms in total. The topological polar surface area (TPSA) is 77.1 Å². The van der Waals surface area contributed by atoms with Crippen LogP contribution in [0.5, 0.6) is 0 Å². The molecule has 0 radical (unpaired) electrons. The quantitative estimate of drug-likeness (QED) is 0.730. The third-order valence-electron chi connectivity index (χ3n) is 3.13. The number of hydrogen-bond donors (Lipinski definition) is 0. The first-order chi connectivity index (χ1) is 8.20. The Morgan fingerprint density at radius 1 is 1.41 bits per heavy atom. The Labute approximate surface area is 102 Å². The van der Waals surface area contributed by atoms with Gasteiger partial charge in [-0.25, -0.2) is 0 Å². The molecule has 0 atom stereocenters. The van der Waals surface area contributed by atoms with Gasteiger partial charge in [-0.3, -0.25) is 4.79 Å². The maximum atomic E-state index is 12.3. The molecule has 0 unspecified atom stereocenters. The average Bonchev–Trinajstić information content (AvgIpc) is 2.40. The second-order valence-corrected chi connectivity index (χ2v) is 4.10. The van der Waals surface area contributed by atoms with Crippen LogP contribution in [0.4, 0.5) is 0 Å². The van der Waals surface area contributed by atoms with Crippen LogP contribution in [0.15, 0.2) is 0 Å². The van der Waals surface area contributed by atoms with Crippen LogP contribution in [-0.2, 0) is 9.53 Å². The minimum atomic E-state index is -0.941. The molecule has 1 saturated heterocycles. The van der Waals surface area contributed by atoms with E-state index in [1.54, 1.807) is 4.90 Å². The van der Waals surface area contributed by atoms with E-state index in [9.17, 15) is 10.1 Å². The molecular weight excluding hydrogens is 218 g/mol. The zero-order chi connectivity index (χ0) is 12.7. The molecule has 0 spiro atoms. The number of nitrogens with zero attached hydrogens (tertiary/aromatic N) is 3. The van der Waals surface area contributed by atoms with Gasteiger partial charge >= 0.3 is 0 Å². The van der Waals surface area contributed by atoms with Gasteiger partial charge in [0, 0.05) is 26.3 Å². The van der Waals surface area contributed by atoms with Gasteiger partial charge in [0.25, 0.3) is 0 Å². The highest BCUT2D eigenvalue weighted by molar-refractivity contribution is 5.85. The molecule has 0 saturated carbocycles. The minimum Gasteiger partial charge on any atom is -0.381 e. The standard InChI is InChI=1S/C12H17N3O2/c1-2-15(7-3-6-13)11(16)12(10-14)4-8-17-9-5-12/h2-5,7-9H2,1H3. The van der Waals surface area contributed by atoms with Crippen LogP contribution in [-0.4, -0.2) is 37.1 Å². The summed E-state index contributed by atoms with van der Waals surface area (Å²) in [7, 11) is 0. The van der Waals surface area contributed by atoms with Crippen molar-refractivity contribution in [3.8, 4) is 12.1 Å². The smallest absolute Gasteiger partial charge is 0.243 e. The van der Waals surface area contributed by atoms with Crippen molar-refractivity contribution >= 4 is 5.91 Å². The van der Waals surface area contributed by atoms with Gasteiger partial charge in [0.1, 0.15) is 5.41 Å². The molecule has 0 aromatic carbocycles. The van der Waals surface area contributed by atoms with Crippen molar-refractivity contribution in [2.75, 3.05) is 26.3 Å². The van der Waals surface area contributed by atoms with E-state index in [1.807, 2.05) is 13.0 Å². The first-order valence-corrected chi connectivity index (χ1v) is 5.85. The minimum absolute atomic E-state index is 0.152. The Morgan fingerprint density at radius 3 is 2.53 bits per heavy atom. The number of carbonyl (C=O) groups is 1. The molecular formula is C12H17N3O2. The van der Waals surface area contributed by atoms with E-state index in [-0.39, 0.29) is 5.91 Å². The van der Waals surface area contributed by atoms with E-state index >= 15 is 0 Å². The maximum absolute atomic E-state index is 12.3. The molecule has 1 heterocycles.